The van der Waals surface area contributed by atoms with Gasteiger partial charge in [-0.3, -0.25) is 0 Å². The van der Waals surface area contributed by atoms with Crippen molar-refractivity contribution in [3.05, 3.63) is 29.3 Å². The lowest BCUT2D eigenvalue weighted by molar-refractivity contribution is 0.296. The van der Waals surface area contributed by atoms with Crippen LogP contribution in [0.1, 0.15) is 56.5 Å². The summed E-state index contributed by atoms with van der Waals surface area (Å²) in [5, 5.41) is 0. The molecule has 0 aliphatic heterocycles. The zero-order chi connectivity index (χ0) is 14.6. The summed E-state index contributed by atoms with van der Waals surface area (Å²) < 4.78 is 5.26. The summed E-state index contributed by atoms with van der Waals surface area (Å²) in [5.41, 5.74) is 3.08. The molecule has 108 valence electrons. The fraction of sp³-hybridized carbons (Fsp3) is 0.647. The van der Waals surface area contributed by atoms with Crippen molar-refractivity contribution in [2.45, 2.75) is 52.3 Å². The summed E-state index contributed by atoms with van der Waals surface area (Å²) in [7, 11) is 1.71. The van der Waals surface area contributed by atoms with Crippen LogP contribution in [0, 0.1) is 18.3 Å². The van der Waals surface area contributed by atoms with Crippen molar-refractivity contribution in [1.82, 2.24) is 0 Å². The van der Waals surface area contributed by atoms with Crippen LogP contribution in [0.25, 0.3) is 0 Å². The molecule has 1 rings (SSSR count). The number of hydrogen-bond donors (Lipinski definition) is 0. The number of alkyl halides is 1. The van der Waals surface area contributed by atoms with E-state index in [0.717, 1.165) is 5.75 Å². The first-order chi connectivity index (χ1) is 8.73. The number of methoxy groups -OCH3 is 1. The molecule has 0 fully saturated rings. The predicted octanol–water partition coefficient (Wildman–Crippen LogP) is 5.90. The Bertz CT molecular complexity index is 406. The summed E-state index contributed by atoms with van der Waals surface area (Å²) in [6.45, 7) is 11.4. The summed E-state index contributed by atoms with van der Waals surface area (Å²) in [5.74, 6) is 1.65. The smallest absolute Gasteiger partial charge is 0.119 e. The Hall–Kier alpha value is -0.500. The van der Waals surface area contributed by atoms with Gasteiger partial charge in [0.15, 0.2) is 0 Å². The van der Waals surface area contributed by atoms with Gasteiger partial charge in [-0.1, -0.05) is 49.7 Å². The average Bonchev–Trinajstić information content (AvgIpc) is 2.25. The molecule has 19 heavy (non-hydrogen) atoms. The van der Waals surface area contributed by atoms with Gasteiger partial charge >= 0.3 is 0 Å². The van der Waals surface area contributed by atoms with Crippen LogP contribution < -0.4 is 4.74 Å². The Labute approximate surface area is 126 Å². The highest BCUT2D eigenvalue weighted by atomic mass is 79.9. The van der Waals surface area contributed by atoms with Gasteiger partial charge in [0.1, 0.15) is 5.75 Å². The van der Waals surface area contributed by atoms with Crippen LogP contribution in [0.3, 0.4) is 0 Å². The Morgan fingerprint density at radius 2 is 1.89 bits per heavy atom. The molecule has 0 heterocycles. The van der Waals surface area contributed by atoms with Crippen molar-refractivity contribution >= 4 is 15.9 Å². The van der Waals surface area contributed by atoms with E-state index in [9.17, 15) is 0 Å². The number of aryl methyl sites for hydroxylation is 1. The standard InChI is InChI=1S/C17H27BrO/c1-12(11-17(3,4)5)9-16(18)15-8-7-14(19-6)10-13(15)2/h7-8,10,12,16H,9,11H2,1-6H3. The van der Waals surface area contributed by atoms with Crippen molar-refractivity contribution in [2.75, 3.05) is 7.11 Å². The van der Waals surface area contributed by atoms with Gasteiger partial charge in [0.2, 0.25) is 0 Å². The summed E-state index contributed by atoms with van der Waals surface area (Å²) >= 11 is 3.85. The second kappa shape index (κ2) is 6.78. The van der Waals surface area contributed by atoms with Gasteiger partial charge in [-0.2, -0.15) is 0 Å². The first-order valence-electron chi connectivity index (χ1n) is 7.01. The maximum atomic E-state index is 5.26. The number of hydrogen-bond acceptors (Lipinski definition) is 1. The molecular formula is C17H27BrO. The molecule has 2 atom stereocenters. The number of ether oxygens (including phenoxy) is 1. The van der Waals surface area contributed by atoms with E-state index < -0.39 is 0 Å². The molecule has 1 aromatic carbocycles. The zero-order valence-electron chi connectivity index (χ0n) is 13.1. The van der Waals surface area contributed by atoms with Crippen LogP contribution in [0.2, 0.25) is 0 Å². The molecule has 0 radical (unpaired) electrons. The molecule has 0 spiro atoms. The van der Waals surface area contributed by atoms with Crippen molar-refractivity contribution in [3.8, 4) is 5.75 Å². The van der Waals surface area contributed by atoms with Gasteiger partial charge in [0, 0.05) is 4.83 Å². The quantitative estimate of drug-likeness (QED) is 0.612. The monoisotopic (exact) mass is 326 g/mol. The van der Waals surface area contributed by atoms with E-state index in [2.05, 4.69) is 62.7 Å². The summed E-state index contributed by atoms with van der Waals surface area (Å²) in [6, 6.07) is 6.33. The predicted molar refractivity (Wildman–Crippen MR) is 87.3 cm³/mol. The third kappa shape index (κ3) is 5.56. The summed E-state index contributed by atoms with van der Waals surface area (Å²) in [4.78, 5) is 0.427. The second-order valence-electron chi connectivity index (χ2n) is 6.80. The minimum absolute atomic E-state index is 0.404. The molecular weight excluding hydrogens is 300 g/mol. The summed E-state index contributed by atoms with van der Waals surface area (Å²) in [6.07, 6.45) is 2.43. The van der Waals surface area contributed by atoms with Gasteiger partial charge in [0.25, 0.3) is 0 Å². The van der Waals surface area contributed by atoms with Crippen molar-refractivity contribution in [3.63, 3.8) is 0 Å². The van der Waals surface area contributed by atoms with E-state index in [4.69, 9.17) is 4.74 Å². The van der Waals surface area contributed by atoms with Crippen molar-refractivity contribution in [2.24, 2.45) is 11.3 Å². The normalized spacial score (nSPS) is 15.1. The van der Waals surface area contributed by atoms with Gasteiger partial charge in [-0.25, -0.2) is 0 Å². The highest BCUT2D eigenvalue weighted by molar-refractivity contribution is 9.09. The molecule has 2 unspecified atom stereocenters. The van der Waals surface area contributed by atoms with Crippen molar-refractivity contribution < 1.29 is 4.74 Å². The van der Waals surface area contributed by atoms with Crippen LogP contribution in [0.4, 0.5) is 0 Å². The first-order valence-corrected chi connectivity index (χ1v) is 7.93. The Kier molecular flexibility index (Phi) is 5.91. The largest absolute Gasteiger partial charge is 0.497 e. The molecule has 1 nitrogen and oxygen atoms in total. The molecule has 0 aliphatic carbocycles. The molecule has 0 N–H and O–H groups in total. The molecule has 0 saturated carbocycles. The van der Waals surface area contributed by atoms with E-state index in [1.165, 1.54) is 24.0 Å². The van der Waals surface area contributed by atoms with E-state index in [0.29, 0.717) is 16.2 Å². The second-order valence-corrected chi connectivity index (χ2v) is 7.90. The maximum absolute atomic E-state index is 5.26. The van der Waals surface area contributed by atoms with E-state index in [1.54, 1.807) is 7.11 Å². The van der Waals surface area contributed by atoms with Crippen molar-refractivity contribution in [1.29, 1.82) is 0 Å². The molecule has 2 heteroatoms. The van der Waals surface area contributed by atoms with Crippen LogP contribution in [-0.4, -0.2) is 7.11 Å². The molecule has 0 amide bonds. The van der Waals surface area contributed by atoms with Gasteiger partial charge in [-0.05, 0) is 54.4 Å². The SMILES string of the molecule is COc1ccc(C(Br)CC(C)CC(C)(C)C)c(C)c1. The highest BCUT2D eigenvalue weighted by Gasteiger charge is 2.19. The minimum atomic E-state index is 0.404. The lowest BCUT2D eigenvalue weighted by atomic mass is 9.83. The third-order valence-corrected chi connectivity index (χ3v) is 4.25. The highest BCUT2D eigenvalue weighted by Crippen LogP contribution is 2.36. The zero-order valence-corrected chi connectivity index (χ0v) is 14.7. The molecule has 0 aromatic heterocycles. The number of halogens is 1. The van der Waals surface area contributed by atoms with Gasteiger partial charge in [0.05, 0.1) is 7.11 Å². The number of rotatable bonds is 5. The Morgan fingerprint density at radius 1 is 1.26 bits per heavy atom. The lowest BCUT2D eigenvalue weighted by Gasteiger charge is -2.25. The third-order valence-electron chi connectivity index (χ3n) is 3.38. The van der Waals surface area contributed by atoms with Crippen LogP contribution in [0.15, 0.2) is 18.2 Å². The molecule has 0 bridgehead atoms. The lowest BCUT2D eigenvalue weighted by Crippen LogP contribution is -2.12. The maximum Gasteiger partial charge on any atom is 0.119 e. The van der Waals surface area contributed by atoms with E-state index in [-0.39, 0.29) is 0 Å². The molecule has 1 aromatic rings. The average molecular weight is 327 g/mol. The van der Waals surface area contributed by atoms with Gasteiger partial charge < -0.3 is 4.74 Å². The first kappa shape index (κ1) is 16.6. The Morgan fingerprint density at radius 3 is 2.37 bits per heavy atom. The fourth-order valence-electron chi connectivity index (χ4n) is 2.74. The molecule has 0 aliphatic rings. The Balaban J connectivity index is 2.70. The van der Waals surface area contributed by atoms with Gasteiger partial charge in [-0.15, -0.1) is 0 Å². The van der Waals surface area contributed by atoms with E-state index >= 15 is 0 Å². The topological polar surface area (TPSA) is 9.23 Å². The van der Waals surface area contributed by atoms with Crippen LogP contribution >= 0.6 is 15.9 Å². The fourth-order valence-corrected chi connectivity index (χ4v) is 3.89. The van der Waals surface area contributed by atoms with Crippen LogP contribution in [-0.2, 0) is 0 Å². The number of benzene rings is 1. The van der Waals surface area contributed by atoms with E-state index in [1.807, 2.05) is 6.07 Å². The molecule has 0 saturated heterocycles. The minimum Gasteiger partial charge on any atom is -0.497 e. The van der Waals surface area contributed by atoms with Crippen LogP contribution in [0.5, 0.6) is 5.75 Å².